The number of methoxy groups -OCH3 is 2. The number of nitrogens with zero attached hydrogens (tertiary/aromatic N) is 4. The summed E-state index contributed by atoms with van der Waals surface area (Å²) in [6, 6.07) is 18.4. The first-order valence-electron chi connectivity index (χ1n) is 11.3. The van der Waals surface area contributed by atoms with E-state index in [1.807, 2.05) is 42.5 Å². The number of rotatable bonds is 8. The zero-order valence-corrected chi connectivity index (χ0v) is 20.1. The minimum atomic E-state index is -0.366. The van der Waals surface area contributed by atoms with Gasteiger partial charge in [0.15, 0.2) is 11.5 Å². The van der Waals surface area contributed by atoms with Crippen LogP contribution < -0.4 is 20.2 Å². The Kier molecular flexibility index (Phi) is 6.71. The molecule has 3 N–H and O–H groups in total. The average Bonchev–Trinajstić information content (AvgIpc) is 3.37. The Morgan fingerprint density at radius 1 is 1.00 bits per heavy atom. The van der Waals surface area contributed by atoms with Crippen LogP contribution in [0.4, 0.5) is 11.6 Å². The molecule has 0 saturated carbocycles. The van der Waals surface area contributed by atoms with Crippen LogP contribution in [0.3, 0.4) is 0 Å². The van der Waals surface area contributed by atoms with E-state index in [9.17, 15) is 4.79 Å². The molecule has 10 nitrogen and oxygen atoms in total. The molecule has 184 valence electrons. The van der Waals surface area contributed by atoms with E-state index < -0.39 is 0 Å². The Labute approximate surface area is 212 Å². The van der Waals surface area contributed by atoms with Gasteiger partial charge in [0.25, 0.3) is 5.91 Å². The van der Waals surface area contributed by atoms with Gasteiger partial charge in [-0.25, -0.2) is 15.4 Å². The Balaban J connectivity index is 1.27. The minimum Gasteiger partial charge on any atom is -0.493 e. The van der Waals surface area contributed by atoms with Crippen LogP contribution in [-0.4, -0.2) is 46.3 Å². The normalized spacial score (nSPS) is 11.0. The lowest BCUT2D eigenvalue weighted by Crippen LogP contribution is -2.17. The number of amides is 1. The number of hydrazone groups is 1. The standard InChI is InChI=1S/C27H23N7O3/c1-36-24-8-5-17(12-25(24)37-2)15-30-34-26(35)23-14-19-13-20(6-7-21(19)32-23)31-27-29-11-9-22(33-27)18-4-3-10-28-16-18/h3-16,32H,1-2H3,(H,34,35)(H,29,31,33)/b30-15+. The molecule has 0 bridgehead atoms. The summed E-state index contributed by atoms with van der Waals surface area (Å²) in [6.45, 7) is 0. The maximum absolute atomic E-state index is 12.6. The highest BCUT2D eigenvalue weighted by Gasteiger charge is 2.10. The molecule has 0 radical (unpaired) electrons. The molecule has 5 rings (SSSR count). The Hall–Kier alpha value is -5.25. The van der Waals surface area contributed by atoms with Gasteiger partial charge in [0.05, 0.1) is 26.1 Å². The highest BCUT2D eigenvalue weighted by atomic mass is 16.5. The summed E-state index contributed by atoms with van der Waals surface area (Å²) >= 11 is 0. The van der Waals surface area contributed by atoms with Gasteiger partial charge in [-0.05, 0) is 66.2 Å². The number of ether oxygens (including phenoxy) is 2. The molecule has 3 heterocycles. The molecule has 10 heteroatoms. The minimum absolute atomic E-state index is 0.366. The molecule has 2 aromatic carbocycles. The number of nitrogens with one attached hydrogen (secondary N) is 3. The van der Waals surface area contributed by atoms with Gasteiger partial charge >= 0.3 is 0 Å². The van der Waals surface area contributed by atoms with E-state index in [0.29, 0.717) is 23.1 Å². The smallest absolute Gasteiger partial charge is 0.287 e. The predicted octanol–water partition coefficient (Wildman–Crippen LogP) is 4.54. The van der Waals surface area contributed by atoms with Crippen molar-refractivity contribution in [1.82, 2.24) is 25.4 Å². The SMILES string of the molecule is COc1ccc(/C=N/NC(=O)c2cc3cc(Nc4nccc(-c5cccnc5)n4)ccc3[nH]2)cc1OC. The Morgan fingerprint density at radius 2 is 1.89 bits per heavy atom. The number of carbonyl (C=O) groups is 1. The summed E-state index contributed by atoms with van der Waals surface area (Å²) in [5.74, 6) is 1.28. The van der Waals surface area contributed by atoms with Crippen LogP contribution in [0.15, 0.2) is 84.4 Å². The molecule has 0 aliphatic heterocycles. The third-order valence-electron chi connectivity index (χ3n) is 5.52. The number of benzene rings is 2. The van der Waals surface area contributed by atoms with Crippen molar-refractivity contribution in [3.05, 3.63) is 90.5 Å². The van der Waals surface area contributed by atoms with Crippen LogP contribution in [0.1, 0.15) is 16.1 Å². The summed E-state index contributed by atoms with van der Waals surface area (Å²) in [5.41, 5.74) is 6.93. The lowest BCUT2D eigenvalue weighted by atomic mass is 10.2. The van der Waals surface area contributed by atoms with E-state index in [4.69, 9.17) is 9.47 Å². The van der Waals surface area contributed by atoms with Crippen LogP contribution in [0.2, 0.25) is 0 Å². The number of aromatic nitrogens is 4. The first-order valence-corrected chi connectivity index (χ1v) is 11.3. The van der Waals surface area contributed by atoms with E-state index >= 15 is 0 Å². The van der Waals surface area contributed by atoms with Crippen LogP contribution in [0.25, 0.3) is 22.2 Å². The van der Waals surface area contributed by atoms with Gasteiger partial charge in [-0.2, -0.15) is 5.10 Å². The number of fused-ring (bicyclic) bond motifs is 1. The van der Waals surface area contributed by atoms with E-state index in [0.717, 1.165) is 33.4 Å². The number of anilines is 2. The summed E-state index contributed by atoms with van der Waals surface area (Å²) < 4.78 is 10.5. The number of hydrogen-bond acceptors (Lipinski definition) is 8. The van der Waals surface area contributed by atoms with Crippen LogP contribution in [0.5, 0.6) is 11.5 Å². The van der Waals surface area contributed by atoms with Crippen molar-refractivity contribution >= 4 is 34.7 Å². The van der Waals surface area contributed by atoms with Crippen molar-refractivity contribution in [2.24, 2.45) is 5.10 Å². The topological polar surface area (TPSA) is 126 Å². The lowest BCUT2D eigenvalue weighted by molar-refractivity contribution is 0.0951. The number of H-pyrrole nitrogens is 1. The zero-order valence-electron chi connectivity index (χ0n) is 20.1. The first-order chi connectivity index (χ1) is 18.1. The van der Waals surface area contributed by atoms with Crippen molar-refractivity contribution in [2.45, 2.75) is 0 Å². The van der Waals surface area contributed by atoms with Gasteiger partial charge in [0.1, 0.15) is 5.69 Å². The molecule has 0 saturated heterocycles. The second kappa shape index (κ2) is 10.6. The molecule has 3 aromatic heterocycles. The second-order valence-electron chi connectivity index (χ2n) is 7.93. The molecule has 5 aromatic rings. The van der Waals surface area contributed by atoms with E-state index in [1.54, 1.807) is 51.0 Å². The van der Waals surface area contributed by atoms with Gasteiger partial charge in [-0.1, -0.05) is 0 Å². The number of aromatic amines is 1. The summed E-state index contributed by atoms with van der Waals surface area (Å²) in [4.78, 5) is 28.8. The third-order valence-corrected chi connectivity index (χ3v) is 5.52. The second-order valence-corrected chi connectivity index (χ2v) is 7.93. The molecule has 0 unspecified atom stereocenters. The van der Waals surface area contributed by atoms with Crippen molar-refractivity contribution in [1.29, 1.82) is 0 Å². The maximum Gasteiger partial charge on any atom is 0.287 e. The molecule has 1 amide bonds. The fourth-order valence-electron chi connectivity index (χ4n) is 3.71. The average molecular weight is 494 g/mol. The van der Waals surface area contributed by atoms with Crippen molar-refractivity contribution < 1.29 is 14.3 Å². The van der Waals surface area contributed by atoms with Gasteiger partial charge in [-0.3, -0.25) is 9.78 Å². The van der Waals surface area contributed by atoms with Crippen molar-refractivity contribution in [2.75, 3.05) is 19.5 Å². The third kappa shape index (κ3) is 5.38. The fraction of sp³-hybridized carbons (Fsp3) is 0.0741. The summed E-state index contributed by atoms with van der Waals surface area (Å²) in [7, 11) is 3.13. The largest absolute Gasteiger partial charge is 0.493 e. The van der Waals surface area contributed by atoms with Crippen molar-refractivity contribution in [3.63, 3.8) is 0 Å². The fourth-order valence-corrected chi connectivity index (χ4v) is 3.71. The van der Waals surface area contributed by atoms with Gasteiger partial charge in [-0.15, -0.1) is 0 Å². The maximum atomic E-state index is 12.6. The summed E-state index contributed by atoms with van der Waals surface area (Å²) in [6.07, 6.45) is 6.69. The van der Waals surface area contributed by atoms with E-state index in [-0.39, 0.29) is 5.91 Å². The Morgan fingerprint density at radius 3 is 2.70 bits per heavy atom. The Bertz CT molecular complexity index is 1580. The highest BCUT2D eigenvalue weighted by Crippen LogP contribution is 2.27. The number of pyridine rings is 1. The molecule has 0 atom stereocenters. The van der Waals surface area contributed by atoms with Gasteiger partial charge in [0, 0.05) is 40.7 Å². The molecule has 0 aliphatic carbocycles. The van der Waals surface area contributed by atoms with Gasteiger partial charge in [0.2, 0.25) is 5.95 Å². The van der Waals surface area contributed by atoms with E-state index in [2.05, 4.69) is 35.8 Å². The molecule has 0 spiro atoms. The van der Waals surface area contributed by atoms with E-state index in [1.165, 1.54) is 6.21 Å². The molecular weight excluding hydrogens is 470 g/mol. The predicted molar refractivity (Wildman–Crippen MR) is 141 cm³/mol. The van der Waals surface area contributed by atoms with Crippen LogP contribution >= 0.6 is 0 Å². The highest BCUT2D eigenvalue weighted by molar-refractivity contribution is 5.99. The van der Waals surface area contributed by atoms with Crippen LogP contribution in [0, 0.1) is 0 Å². The molecular formula is C27H23N7O3. The van der Waals surface area contributed by atoms with Crippen molar-refractivity contribution in [3.8, 4) is 22.8 Å². The molecule has 37 heavy (non-hydrogen) atoms. The number of hydrogen-bond donors (Lipinski definition) is 3. The lowest BCUT2D eigenvalue weighted by Gasteiger charge is -2.07. The van der Waals surface area contributed by atoms with Crippen LogP contribution in [-0.2, 0) is 0 Å². The summed E-state index contributed by atoms with van der Waals surface area (Å²) in [5, 5.41) is 8.12. The molecule has 0 aliphatic rings. The monoisotopic (exact) mass is 493 g/mol. The van der Waals surface area contributed by atoms with Gasteiger partial charge < -0.3 is 19.8 Å². The zero-order chi connectivity index (χ0) is 25.6. The molecule has 0 fully saturated rings. The quantitative estimate of drug-likeness (QED) is 0.214. The first kappa shape index (κ1) is 23.5. The number of carbonyl (C=O) groups excluding carboxylic acids is 1.